The van der Waals surface area contributed by atoms with Gasteiger partial charge in [-0.05, 0) is 77.7 Å². The number of nitriles is 1. The van der Waals surface area contributed by atoms with Crippen molar-refractivity contribution in [2.24, 2.45) is 0 Å². The molecule has 1 aliphatic rings. The normalized spacial score (nSPS) is 16.4. The van der Waals surface area contributed by atoms with Crippen LogP contribution in [0.2, 0.25) is 0 Å². The van der Waals surface area contributed by atoms with Crippen LogP contribution in [0.25, 0.3) is 11.1 Å². The van der Waals surface area contributed by atoms with Crippen LogP contribution in [0.4, 0.5) is 5.69 Å². The summed E-state index contributed by atoms with van der Waals surface area (Å²) in [6.45, 7) is 13.6. The lowest BCUT2D eigenvalue weighted by atomic mass is 9.78. The zero-order chi connectivity index (χ0) is 26.3. The smallest absolute Gasteiger partial charge is 0.399 e. The van der Waals surface area contributed by atoms with Crippen molar-refractivity contribution in [1.29, 1.82) is 5.26 Å². The second-order valence-electron chi connectivity index (χ2n) is 10.7. The molecule has 0 saturated carbocycles. The Morgan fingerprint density at radius 3 is 2.42 bits per heavy atom. The molecule has 3 heterocycles. The Hall–Kier alpha value is -3.54. The number of benzene rings is 1. The maximum Gasteiger partial charge on any atom is 0.494 e. The summed E-state index contributed by atoms with van der Waals surface area (Å²) in [6, 6.07) is 15.4. The number of aryl methyl sites for hydroxylation is 1. The third kappa shape index (κ3) is 4.90. The number of amides is 1. The van der Waals surface area contributed by atoms with E-state index in [1.807, 2.05) is 65.0 Å². The first-order chi connectivity index (χ1) is 16.8. The Balaban J connectivity index is 1.59. The Morgan fingerprint density at radius 2 is 1.75 bits per heavy atom. The summed E-state index contributed by atoms with van der Waals surface area (Å²) >= 11 is 0. The van der Waals surface area contributed by atoms with E-state index < -0.39 is 23.7 Å². The minimum atomic E-state index is -0.795. The molecule has 8 heteroatoms. The first-order valence-electron chi connectivity index (χ1n) is 11.9. The summed E-state index contributed by atoms with van der Waals surface area (Å²) in [5, 5.41) is 12.3. The maximum atomic E-state index is 13.0. The molecule has 1 aromatic carbocycles. The first-order valence-corrected chi connectivity index (χ1v) is 11.9. The molecular weight excluding hydrogens is 451 g/mol. The molecule has 0 unspecified atom stereocenters. The predicted molar refractivity (Wildman–Crippen MR) is 141 cm³/mol. The van der Waals surface area contributed by atoms with E-state index >= 15 is 0 Å². The standard InChI is InChI=1S/C28H31BN4O3/c1-18-23(19-9-8-10-21(13-19)29-35-27(4,5)28(6,7)36-29)15-22(16-32-18)33-25(34)20-11-12-31-24(14-20)26(2,3)17-30/h8-16H,1-7H3,(H,33,34). The number of hydrogen-bond acceptors (Lipinski definition) is 6. The molecule has 2 aromatic heterocycles. The molecule has 0 aliphatic carbocycles. The van der Waals surface area contributed by atoms with Crippen LogP contribution in [0.3, 0.4) is 0 Å². The molecule has 0 atom stereocenters. The van der Waals surface area contributed by atoms with E-state index in [1.165, 1.54) is 0 Å². The van der Waals surface area contributed by atoms with E-state index in [9.17, 15) is 10.1 Å². The fourth-order valence-electron chi connectivity index (χ4n) is 3.90. The van der Waals surface area contributed by atoms with Crippen molar-refractivity contribution < 1.29 is 14.1 Å². The molecule has 0 bridgehead atoms. The van der Waals surface area contributed by atoms with Crippen LogP contribution in [0.15, 0.2) is 54.9 Å². The Morgan fingerprint density at radius 1 is 1.06 bits per heavy atom. The number of nitrogens with one attached hydrogen (secondary N) is 1. The number of hydrogen-bond donors (Lipinski definition) is 1. The van der Waals surface area contributed by atoms with Gasteiger partial charge < -0.3 is 14.6 Å². The molecule has 36 heavy (non-hydrogen) atoms. The molecular formula is C28H31BN4O3. The summed E-state index contributed by atoms with van der Waals surface area (Å²) in [4.78, 5) is 21.8. The zero-order valence-corrected chi connectivity index (χ0v) is 21.8. The van der Waals surface area contributed by atoms with Crippen molar-refractivity contribution in [1.82, 2.24) is 9.97 Å². The van der Waals surface area contributed by atoms with Gasteiger partial charge in [0.25, 0.3) is 5.91 Å². The van der Waals surface area contributed by atoms with Crippen LogP contribution in [0.1, 0.15) is 63.3 Å². The first kappa shape index (κ1) is 25.6. The van der Waals surface area contributed by atoms with E-state index in [1.54, 1.807) is 38.4 Å². The molecule has 4 rings (SSSR count). The minimum absolute atomic E-state index is 0.296. The largest absolute Gasteiger partial charge is 0.494 e. The van der Waals surface area contributed by atoms with Crippen LogP contribution in [-0.2, 0) is 14.7 Å². The fourth-order valence-corrected chi connectivity index (χ4v) is 3.90. The topological polar surface area (TPSA) is 97.1 Å². The molecule has 184 valence electrons. The van der Waals surface area contributed by atoms with Gasteiger partial charge in [-0.25, -0.2) is 0 Å². The van der Waals surface area contributed by atoms with Gasteiger partial charge in [-0.2, -0.15) is 5.26 Å². The lowest BCUT2D eigenvalue weighted by Gasteiger charge is -2.32. The van der Waals surface area contributed by atoms with E-state index in [0.29, 0.717) is 16.9 Å². The molecule has 1 fully saturated rings. The number of anilines is 1. The molecule has 0 spiro atoms. The molecule has 3 aromatic rings. The number of carbonyl (C=O) groups excluding carboxylic acids is 1. The monoisotopic (exact) mass is 482 g/mol. The zero-order valence-electron chi connectivity index (χ0n) is 21.8. The number of rotatable bonds is 5. The highest BCUT2D eigenvalue weighted by atomic mass is 16.7. The number of carbonyl (C=O) groups is 1. The minimum Gasteiger partial charge on any atom is -0.399 e. The third-order valence-electron chi connectivity index (χ3n) is 7.01. The second-order valence-corrected chi connectivity index (χ2v) is 10.7. The van der Waals surface area contributed by atoms with Gasteiger partial charge in [0.1, 0.15) is 0 Å². The van der Waals surface area contributed by atoms with Gasteiger partial charge in [0.05, 0.1) is 40.3 Å². The van der Waals surface area contributed by atoms with Gasteiger partial charge in [-0.1, -0.05) is 24.3 Å². The van der Waals surface area contributed by atoms with Gasteiger partial charge in [-0.3, -0.25) is 14.8 Å². The van der Waals surface area contributed by atoms with Crippen molar-refractivity contribution in [2.45, 2.75) is 65.1 Å². The van der Waals surface area contributed by atoms with E-state index in [0.717, 1.165) is 22.3 Å². The second kappa shape index (κ2) is 9.16. The summed E-state index contributed by atoms with van der Waals surface area (Å²) in [7, 11) is -0.468. The molecule has 1 aliphatic heterocycles. The van der Waals surface area contributed by atoms with Gasteiger partial charge in [0, 0.05) is 23.0 Å². The summed E-state index contributed by atoms with van der Waals surface area (Å²) in [6.07, 6.45) is 3.18. The van der Waals surface area contributed by atoms with Crippen molar-refractivity contribution in [2.75, 3.05) is 5.32 Å². The quantitative estimate of drug-likeness (QED) is 0.525. The molecule has 7 nitrogen and oxygen atoms in total. The lowest BCUT2D eigenvalue weighted by molar-refractivity contribution is 0.00578. The van der Waals surface area contributed by atoms with Gasteiger partial charge in [-0.15, -0.1) is 0 Å². The van der Waals surface area contributed by atoms with Crippen molar-refractivity contribution >= 4 is 24.2 Å². The average Bonchev–Trinajstić information content (AvgIpc) is 3.07. The Kier molecular flexibility index (Phi) is 6.50. The molecule has 1 N–H and O–H groups in total. The Labute approximate surface area is 213 Å². The van der Waals surface area contributed by atoms with Gasteiger partial charge in [0.15, 0.2) is 0 Å². The highest BCUT2D eigenvalue weighted by Crippen LogP contribution is 2.37. The third-order valence-corrected chi connectivity index (χ3v) is 7.01. The molecule has 1 amide bonds. The Bertz CT molecular complexity index is 1340. The van der Waals surface area contributed by atoms with E-state index in [-0.39, 0.29) is 5.91 Å². The number of aromatic nitrogens is 2. The van der Waals surface area contributed by atoms with E-state index in [4.69, 9.17) is 9.31 Å². The average molecular weight is 482 g/mol. The highest BCUT2D eigenvalue weighted by molar-refractivity contribution is 6.62. The summed E-state index contributed by atoms with van der Waals surface area (Å²) in [5.41, 5.74) is 3.49. The van der Waals surface area contributed by atoms with Crippen LogP contribution in [0, 0.1) is 18.3 Å². The highest BCUT2D eigenvalue weighted by Gasteiger charge is 2.51. The van der Waals surface area contributed by atoms with Crippen LogP contribution in [-0.4, -0.2) is 34.2 Å². The number of nitrogens with zero attached hydrogens (tertiary/aromatic N) is 3. The van der Waals surface area contributed by atoms with Gasteiger partial charge >= 0.3 is 7.12 Å². The SMILES string of the molecule is Cc1ncc(NC(=O)c2ccnc(C(C)(C)C#N)c2)cc1-c1cccc(B2OC(C)(C)C(C)(C)O2)c1. The van der Waals surface area contributed by atoms with Gasteiger partial charge in [0.2, 0.25) is 0 Å². The predicted octanol–water partition coefficient (Wildman–Crippen LogP) is 4.80. The van der Waals surface area contributed by atoms with Crippen molar-refractivity contribution in [3.8, 4) is 17.2 Å². The lowest BCUT2D eigenvalue weighted by Crippen LogP contribution is -2.41. The summed E-state index contributed by atoms with van der Waals surface area (Å²) in [5.74, 6) is -0.296. The van der Waals surface area contributed by atoms with Crippen LogP contribution < -0.4 is 10.8 Å². The van der Waals surface area contributed by atoms with Crippen molar-refractivity contribution in [3.63, 3.8) is 0 Å². The van der Waals surface area contributed by atoms with Crippen molar-refractivity contribution in [3.05, 3.63) is 71.8 Å². The molecule has 0 radical (unpaired) electrons. The maximum absolute atomic E-state index is 13.0. The number of pyridine rings is 2. The fraction of sp³-hybridized carbons (Fsp3) is 0.357. The summed E-state index contributed by atoms with van der Waals surface area (Å²) < 4.78 is 12.4. The van der Waals surface area contributed by atoms with Crippen LogP contribution >= 0.6 is 0 Å². The van der Waals surface area contributed by atoms with E-state index in [2.05, 4.69) is 21.4 Å². The van der Waals surface area contributed by atoms with Crippen LogP contribution in [0.5, 0.6) is 0 Å². The molecule has 1 saturated heterocycles.